The molecule has 0 heterocycles. The van der Waals surface area contributed by atoms with Crippen LogP contribution in [0.25, 0.3) is 0 Å². The number of carbonyl (C=O) groups is 1. The second-order valence-electron chi connectivity index (χ2n) is 3.84. The van der Waals surface area contributed by atoms with E-state index in [9.17, 15) is 4.79 Å². The van der Waals surface area contributed by atoms with Crippen LogP contribution in [0.4, 0.5) is 4.79 Å². The van der Waals surface area contributed by atoms with E-state index in [-0.39, 0.29) is 12.6 Å². The van der Waals surface area contributed by atoms with E-state index >= 15 is 0 Å². The summed E-state index contributed by atoms with van der Waals surface area (Å²) in [6, 6.07) is 7.38. The zero-order chi connectivity index (χ0) is 13.4. The highest BCUT2D eigenvalue weighted by molar-refractivity contribution is 5.73. The molecule has 1 aromatic carbocycles. The molecule has 0 aliphatic carbocycles. The molecule has 1 rings (SSSR count). The van der Waals surface area contributed by atoms with E-state index in [2.05, 4.69) is 5.32 Å². The molecule has 0 saturated heterocycles. The first kappa shape index (κ1) is 14.3. The van der Waals surface area contributed by atoms with Crippen LogP contribution in [0.2, 0.25) is 0 Å². The van der Waals surface area contributed by atoms with Gasteiger partial charge < -0.3 is 20.1 Å². The fourth-order valence-electron chi connectivity index (χ4n) is 1.50. The van der Waals surface area contributed by atoms with Crippen LogP contribution in [0.15, 0.2) is 24.3 Å². The lowest BCUT2D eigenvalue weighted by atomic mass is 10.2. The SMILES string of the molecule is CCOc1ccccc1CNC(=O)N(C)CCO. The number of aliphatic hydroxyl groups is 1. The van der Waals surface area contributed by atoms with Crippen LogP contribution >= 0.6 is 0 Å². The number of rotatable bonds is 6. The third-order valence-corrected chi connectivity index (χ3v) is 2.48. The van der Waals surface area contributed by atoms with Crippen LogP contribution in [0, 0.1) is 0 Å². The Labute approximate surface area is 107 Å². The quantitative estimate of drug-likeness (QED) is 0.800. The molecule has 5 heteroatoms. The molecular formula is C13H20N2O3. The van der Waals surface area contributed by atoms with Crippen molar-refractivity contribution in [2.45, 2.75) is 13.5 Å². The molecule has 0 aromatic heterocycles. The number of hydrogen-bond donors (Lipinski definition) is 2. The van der Waals surface area contributed by atoms with Gasteiger partial charge in [0.1, 0.15) is 5.75 Å². The summed E-state index contributed by atoms with van der Waals surface area (Å²) in [5, 5.41) is 11.5. The normalized spacial score (nSPS) is 9.94. The molecule has 2 amide bonds. The number of para-hydroxylation sites is 1. The summed E-state index contributed by atoms with van der Waals surface area (Å²) >= 11 is 0. The van der Waals surface area contributed by atoms with Gasteiger partial charge in [-0.1, -0.05) is 18.2 Å². The fourth-order valence-corrected chi connectivity index (χ4v) is 1.50. The van der Waals surface area contributed by atoms with Crippen LogP contribution in [0.5, 0.6) is 5.75 Å². The Morgan fingerprint density at radius 3 is 2.83 bits per heavy atom. The maximum Gasteiger partial charge on any atom is 0.317 e. The van der Waals surface area contributed by atoms with E-state index < -0.39 is 0 Å². The average molecular weight is 252 g/mol. The minimum Gasteiger partial charge on any atom is -0.494 e. The van der Waals surface area contributed by atoms with Crippen LogP contribution in [-0.2, 0) is 6.54 Å². The predicted molar refractivity (Wildman–Crippen MR) is 69.6 cm³/mol. The lowest BCUT2D eigenvalue weighted by Gasteiger charge is -2.17. The van der Waals surface area contributed by atoms with Crippen molar-refractivity contribution in [1.82, 2.24) is 10.2 Å². The van der Waals surface area contributed by atoms with Crippen LogP contribution < -0.4 is 10.1 Å². The number of amides is 2. The minimum atomic E-state index is -0.213. The van der Waals surface area contributed by atoms with Gasteiger partial charge in [-0.2, -0.15) is 0 Å². The first-order chi connectivity index (χ1) is 8.69. The van der Waals surface area contributed by atoms with E-state index in [4.69, 9.17) is 9.84 Å². The van der Waals surface area contributed by atoms with Crippen LogP contribution in [0.3, 0.4) is 0 Å². The van der Waals surface area contributed by atoms with Crippen molar-refractivity contribution in [3.05, 3.63) is 29.8 Å². The number of nitrogens with one attached hydrogen (secondary N) is 1. The van der Waals surface area contributed by atoms with Crippen molar-refractivity contribution in [3.63, 3.8) is 0 Å². The first-order valence-electron chi connectivity index (χ1n) is 5.99. The van der Waals surface area contributed by atoms with Crippen LogP contribution in [0.1, 0.15) is 12.5 Å². The van der Waals surface area contributed by atoms with Crippen molar-refractivity contribution < 1.29 is 14.6 Å². The molecule has 2 N–H and O–H groups in total. The molecule has 5 nitrogen and oxygen atoms in total. The van der Waals surface area contributed by atoms with Gasteiger partial charge in [0, 0.05) is 25.7 Å². The monoisotopic (exact) mass is 252 g/mol. The summed E-state index contributed by atoms with van der Waals surface area (Å²) in [5.74, 6) is 0.783. The summed E-state index contributed by atoms with van der Waals surface area (Å²) in [6.45, 7) is 3.20. The Morgan fingerprint density at radius 1 is 1.44 bits per heavy atom. The summed E-state index contributed by atoms with van der Waals surface area (Å²) in [6.07, 6.45) is 0. The Bertz CT molecular complexity index is 382. The Kier molecular flexibility index (Phi) is 6.00. The molecule has 0 saturated carbocycles. The standard InChI is InChI=1S/C13H20N2O3/c1-3-18-12-7-5-4-6-11(12)10-14-13(17)15(2)8-9-16/h4-7,16H,3,8-10H2,1-2H3,(H,14,17). The van der Waals surface area contributed by atoms with Gasteiger partial charge in [0.15, 0.2) is 0 Å². The van der Waals surface area contributed by atoms with Crippen molar-refractivity contribution in [2.24, 2.45) is 0 Å². The van der Waals surface area contributed by atoms with Gasteiger partial charge in [-0.3, -0.25) is 0 Å². The molecule has 0 unspecified atom stereocenters. The van der Waals surface area contributed by atoms with Gasteiger partial charge in [0.25, 0.3) is 0 Å². The van der Waals surface area contributed by atoms with E-state index in [1.165, 1.54) is 4.90 Å². The number of ether oxygens (including phenoxy) is 1. The Balaban J connectivity index is 2.55. The molecular weight excluding hydrogens is 232 g/mol. The fraction of sp³-hybridized carbons (Fsp3) is 0.462. The molecule has 1 aromatic rings. The predicted octanol–water partition coefficient (Wildman–Crippen LogP) is 1.22. The Hall–Kier alpha value is -1.75. The van der Waals surface area contributed by atoms with Crippen molar-refractivity contribution in [2.75, 3.05) is 26.8 Å². The minimum absolute atomic E-state index is 0.0422. The molecule has 0 aliphatic rings. The maximum atomic E-state index is 11.6. The van der Waals surface area contributed by atoms with E-state index in [1.807, 2.05) is 31.2 Å². The van der Waals surface area contributed by atoms with Crippen molar-refractivity contribution >= 4 is 6.03 Å². The molecule has 0 radical (unpaired) electrons. The highest BCUT2D eigenvalue weighted by Crippen LogP contribution is 2.17. The summed E-state index contributed by atoms with van der Waals surface area (Å²) in [5.41, 5.74) is 0.935. The first-order valence-corrected chi connectivity index (χ1v) is 5.99. The van der Waals surface area contributed by atoms with E-state index in [0.717, 1.165) is 11.3 Å². The van der Waals surface area contributed by atoms with Gasteiger partial charge in [0.2, 0.25) is 0 Å². The van der Waals surface area contributed by atoms with E-state index in [1.54, 1.807) is 7.05 Å². The third-order valence-electron chi connectivity index (χ3n) is 2.48. The second kappa shape index (κ2) is 7.55. The van der Waals surface area contributed by atoms with E-state index in [0.29, 0.717) is 19.7 Å². The summed E-state index contributed by atoms with van der Waals surface area (Å²) in [4.78, 5) is 13.1. The number of hydrogen-bond acceptors (Lipinski definition) is 3. The molecule has 0 spiro atoms. The molecule has 0 bridgehead atoms. The second-order valence-corrected chi connectivity index (χ2v) is 3.84. The average Bonchev–Trinajstić information content (AvgIpc) is 2.38. The van der Waals surface area contributed by atoms with Crippen LogP contribution in [-0.4, -0.2) is 42.8 Å². The molecule has 100 valence electrons. The third kappa shape index (κ3) is 4.25. The highest BCUT2D eigenvalue weighted by Gasteiger charge is 2.08. The zero-order valence-electron chi connectivity index (χ0n) is 10.8. The number of benzene rings is 1. The molecule has 0 fully saturated rings. The maximum absolute atomic E-state index is 11.6. The number of carbonyl (C=O) groups excluding carboxylic acids is 1. The topological polar surface area (TPSA) is 61.8 Å². The van der Waals surface area contributed by atoms with Crippen molar-refractivity contribution in [1.29, 1.82) is 0 Å². The summed E-state index contributed by atoms with van der Waals surface area (Å²) < 4.78 is 5.47. The van der Waals surface area contributed by atoms with Crippen molar-refractivity contribution in [3.8, 4) is 5.75 Å². The highest BCUT2D eigenvalue weighted by atomic mass is 16.5. The molecule has 0 atom stereocenters. The Morgan fingerprint density at radius 2 is 2.17 bits per heavy atom. The van der Waals surface area contributed by atoms with Gasteiger partial charge in [0.05, 0.1) is 13.2 Å². The van der Waals surface area contributed by atoms with Gasteiger partial charge >= 0.3 is 6.03 Å². The summed E-state index contributed by atoms with van der Waals surface area (Å²) in [7, 11) is 1.64. The number of nitrogens with zero attached hydrogens (tertiary/aromatic N) is 1. The van der Waals surface area contributed by atoms with Gasteiger partial charge in [-0.15, -0.1) is 0 Å². The lowest BCUT2D eigenvalue weighted by molar-refractivity contribution is 0.190. The molecule has 18 heavy (non-hydrogen) atoms. The largest absolute Gasteiger partial charge is 0.494 e. The number of aliphatic hydroxyl groups excluding tert-OH is 1. The smallest absolute Gasteiger partial charge is 0.317 e. The zero-order valence-corrected chi connectivity index (χ0v) is 10.8. The lowest BCUT2D eigenvalue weighted by Crippen LogP contribution is -2.38. The number of urea groups is 1. The van der Waals surface area contributed by atoms with Gasteiger partial charge in [-0.25, -0.2) is 4.79 Å². The number of likely N-dealkylation sites (N-methyl/N-ethyl adjacent to an activating group) is 1. The molecule has 0 aliphatic heterocycles. The van der Waals surface area contributed by atoms with Gasteiger partial charge in [-0.05, 0) is 13.0 Å².